The van der Waals surface area contributed by atoms with Gasteiger partial charge in [0.25, 0.3) is 0 Å². The van der Waals surface area contributed by atoms with Crippen LogP contribution < -0.4 is 5.73 Å². The van der Waals surface area contributed by atoms with E-state index in [1.165, 1.54) is 4.31 Å². The molecule has 0 saturated heterocycles. The van der Waals surface area contributed by atoms with E-state index in [0.717, 1.165) is 5.56 Å². The monoisotopic (exact) mass is 314 g/mol. The van der Waals surface area contributed by atoms with Gasteiger partial charge in [-0.3, -0.25) is 0 Å². The summed E-state index contributed by atoms with van der Waals surface area (Å²) in [5.41, 5.74) is 7.86. The molecule has 21 heavy (non-hydrogen) atoms. The van der Waals surface area contributed by atoms with E-state index in [1.54, 1.807) is 26.2 Å². The van der Waals surface area contributed by atoms with Crippen LogP contribution in [0.25, 0.3) is 0 Å². The maximum absolute atomic E-state index is 12.9. The zero-order valence-corrected chi connectivity index (χ0v) is 14.3. The smallest absolute Gasteiger partial charge is 0.243 e. The van der Waals surface area contributed by atoms with Gasteiger partial charge in [0.2, 0.25) is 10.0 Å². The van der Waals surface area contributed by atoms with Crippen LogP contribution in [0.4, 0.5) is 5.69 Å². The zero-order chi connectivity index (χ0) is 16.2. The largest absolute Gasteiger partial charge is 0.398 e. The lowest BCUT2D eigenvalue weighted by atomic mass is 10.1. The topological polar surface area (TPSA) is 72.6 Å². The van der Waals surface area contributed by atoms with Crippen LogP contribution in [0.1, 0.15) is 25.0 Å². The fourth-order valence-electron chi connectivity index (χ4n) is 2.17. The first-order chi connectivity index (χ1) is 9.70. The van der Waals surface area contributed by atoms with Crippen molar-refractivity contribution in [2.75, 3.05) is 32.5 Å². The van der Waals surface area contributed by atoms with Gasteiger partial charge in [0.05, 0.1) is 11.5 Å². The number of anilines is 1. The van der Waals surface area contributed by atoms with E-state index in [-0.39, 0.29) is 10.8 Å². The molecule has 0 spiro atoms. The van der Waals surface area contributed by atoms with Crippen molar-refractivity contribution in [2.45, 2.75) is 32.6 Å². The number of sulfonamides is 1. The van der Waals surface area contributed by atoms with Gasteiger partial charge in [0.1, 0.15) is 0 Å². The molecule has 0 radical (unpaired) electrons. The second-order valence-corrected chi connectivity index (χ2v) is 7.63. The van der Waals surface area contributed by atoms with Crippen molar-refractivity contribution in [1.82, 2.24) is 4.31 Å². The van der Waals surface area contributed by atoms with Crippen LogP contribution in [-0.2, 0) is 14.8 Å². The molecule has 6 heteroatoms. The molecular formula is C15H26N2O3S. The van der Waals surface area contributed by atoms with Gasteiger partial charge in [0.15, 0.2) is 0 Å². The molecule has 0 aliphatic rings. The molecule has 2 N–H and O–H groups in total. The molecule has 0 heterocycles. The third-order valence-corrected chi connectivity index (χ3v) is 5.27. The first kappa shape index (κ1) is 17.9. The Kier molecular flexibility index (Phi) is 6.19. The average molecular weight is 314 g/mol. The average Bonchev–Trinajstić information content (AvgIpc) is 2.38. The van der Waals surface area contributed by atoms with Crippen LogP contribution >= 0.6 is 0 Å². The molecule has 0 amide bonds. The molecule has 1 aromatic carbocycles. The summed E-state index contributed by atoms with van der Waals surface area (Å²) in [6, 6.07) is 3.47. The summed E-state index contributed by atoms with van der Waals surface area (Å²) in [5, 5.41) is 0. The SMILES string of the molecule is COCCN(CC(C)C)S(=O)(=O)c1cc(C)cc(N)c1C. The first-order valence-corrected chi connectivity index (χ1v) is 8.50. The molecule has 1 rings (SSSR count). The fraction of sp³-hybridized carbons (Fsp3) is 0.600. The third kappa shape index (κ3) is 4.43. The number of nitrogens with two attached hydrogens (primary N) is 1. The minimum absolute atomic E-state index is 0.235. The number of aryl methyl sites for hydroxylation is 1. The molecule has 0 saturated carbocycles. The highest BCUT2D eigenvalue weighted by atomic mass is 32.2. The molecule has 0 unspecified atom stereocenters. The predicted octanol–water partition coefficient (Wildman–Crippen LogP) is 2.18. The van der Waals surface area contributed by atoms with E-state index >= 15 is 0 Å². The molecule has 0 aliphatic carbocycles. The number of hydrogen-bond acceptors (Lipinski definition) is 4. The lowest BCUT2D eigenvalue weighted by molar-refractivity contribution is 0.175. The second kappa shape index (κ2) is 7.24. The van der Waals surface area contributed by atoms with Crippen LogP contribution in [0, 0.1) is 19.8 Å². The van der Waals surface area contributed by atoms with Gasteiger partial charge in [-0.05, 0) is 43.0 Å². The number of ether oxygens (including phenoxy) is 1. The summed E-state index contributed by atoms with van der Waals surface area (Å²) in [4.78, 5) is 0.289. The Morgan fingerprint density at radius 3 is 2.43 bits per heavy atom. The van der Waals surface area contributed by atoms with Crippen LogP contribution in [0.15, 0.2) is 17.0 Å². The molecule has 1 aromatic rings. The molecule has 120 valence electrons. The van der Waals surface area contributed by atoms with E-state index in [0.29, 0.717) is 30.9 Å². The number of hydrogen-bond donors (Lipinski definition) is 1. The Morgan fingerprint density at radius 2 is 1.90 bits per heavy atom. The highest BCUT2D eigenvalue weighted by Gasteiger charge is 2.27. The van der Waals surface area contributed by atoms with Gasteiger partial charge in [0, 0.05) is 25.9 Å². The molecular weight excluding hydrogens is 288 g/mol. The lowest BCUT2D eigenvalue weighted by Crippen LogP contribution is -2.37. The Morgan fingerprint density at radius 1 is 1.29 bits per heavy atom. The molecule has 0 fully saturated rings. The quantitative estimate of drug-likeness (QED) is 0.783. The van der Waals surface area contributed by atoms with Gasteiger partial charge >= 0.3 is 0 Å². The van der Waals surface area contributed by atoms with E-state index < -0.39 is 10.0 Å². The summed E-state index contributed by atoms with van der Waals surface area (Å²) in [5.74, 6) is 0.235. The normalized spacial score (nSPS) is 12.3. The molecule has 0 aliphatic heterocycles. The summed E-state index contributed by atoms with van der Waals surface area (Å²) < 4.78 is 32.3. The number of nitrogen functional groups attached to an aromatic ring is 1. The van der Waals surface area contributed by atoms with Crippen LogP contribution in [-0.4, -0.2) is 39.5 Å². The summed E-state index contributed by atoms with van der Waals surface area (Å²) in [6.07, 6.45) is 0. The van der Waals surface area contributed by atoms with Crippen LogP contribution in [0.5, 0.6) is 0 Å². The lowest BCUT2D eigenvalue weighted by Gasteiger charge is -2.25. The predicted molar refractivity (Wildman–Crippen MR) is 85.8 cm³/mol. The van der Waals surface area contributed by atoms with Gasteiger partial charge in [-0.2, -0.15) is 4.31 Å². The zero-order valence-electron chi connectivity index (χ0n) is 13.5. The van der Waals surface area contributed by atoms with Crippen molar-refractivity contribution in [2.24, 2.45) is 5.92 Å². The van der Waals surface area contributed by atoms with Crippen LogP contribution in [0.2, 0.25) is 0 Å². The Hall–Kier alpha value is -1.11. The Bertz CT molecular complexity index is 583. The van der Waals surface area contributed by atoms with E-state index in [2.05, 4.69) is 0 Å². The van der Waals surface area contributed by atoms with Crippen molar-refractivity contribution >= 4 is 15.7 Å². The fourth-order valence-corrected chi connectivity index (χ4v) is 4.10. The van der Waals surface area contributed by atoms with E-state index in [9.17, 15) is 8.42 Å². The molecule has 5 nitrogen and oxygen atoms in total. The maximum Gasteiger partial charge on any atom is 0.243 e. The molecule has 0 atom stereocenters. The van der Waals surface area contributed by atoms with Crippen molar-refractivity contribution < 1.29 is 13.2 Å². The van der Waals surface area contributed by atoms with Gasteiger partial charge in [-0.15, -0.1) is 0 Å². The van der Waals surface area contributed by atoms with Crippen molar-refractivity contribution in [3.8, 4) is 0 Å². The highest BCUT2D eigenvalue weighted by molar-refractivity contribution is 7.89. The van der Waals surface area contributed by atoms with Gasteiger partial charge in [-0.1, -0.05) is 13.8 Å². The molecule has 0 aromatic heterocycles. The number of benzene rings is 1. The Balaban J connectivity index is 3.28. The minimum Gasteiger partial charge on any atom is -0.398 e. The highest BCUT2D eigenvalue weighted by Crippen LogP contribution is 2.26. The standard InChI is InChI=1S/C15H26N2O3S/c1-11(2)10-17(6-7-20-5)21(18,19)15-9-12(3)8-14(16)13(15)4/h8-9,11H,6-7,10,16H2,1-5H3. The second-order valence-electron chi connectivity index (χ2n) is 5.73. The molecule has 0 bridgehead atoms. The first-order valence-electron chi connectivity index (χ1n) is 7.06. The van der Waals surface area contributed by atoms with E-state index in [1.807, 2.05) is 20.8 Å². The van der Waals surface area contributed by atoms with Crippen molar-refractivity contribution in [3.05, 3.63) is 23.3 Å². The minimum atomic E-state index is -3.57. The summed E-state index contributed by atoms with van der Waals surface area (Å²) in [6.45, 7) is 8.73. The third-order valence-electron chi connectivity index (χ3n) is 3.28. The maximum atomic E-state index is 12.9. The van der Waals surface area contributed by atoms with Crippen LogP contribution in [0.3, 0.4) is 0 Å². The van der Waals surface area contributed by atoms with Gasteiger partial charge < -0.3 is 10.5 Å². The Labute approximate surface area is 128 Å². The van der Waals surface area contributed by atoms with E-state index in [4.69, 9.17) is 10.5 Å². The summed E-state index contributed by atoms with van der Waals surface area (Å²) in [7, 11) is -2.01. The summed E-state index contributed by atoms with van der Waals surface area (Å²) >= 11 is 0. The number of nitrogens with zero attached hydrogens (tertiary/aromatic N) is 1. The number of rotatable bonds is 7. The van der Waals surface area contributed by atoms with Crippen molar-refractivity contribution in [3.63, 3.8) is 0 Å². The van der Waals surface area contributed by atoms with Gasteiger partial charge in [-0.25, -0.2) is 8.42 Å². The number of methoxy groups -OCH3 is 1. The van der Waals surface area contributed by atoms with Crippen molar-refractivity contribution in [1.29, 1.82) is 0 Å².